The molecular weight excluding hydrogens is 174 g/mol. The van der Waals surface area contributed by atoms with Gasteiger partial charge in [-0.15, -0.1) is 0 Å². The van der Waals surface area contributed by atoms with Crippen molar-refractivity contribution in [3.8, 4) is 0 Å². The lowest BCUT2D eigenvalue weighted by Gasteiger charge is -2.04. The van der Waals surface area contributed by atoms with Gasteiger partial charge in [-0.05, 0) is 18.6 Å². The molecule has 0 fully saturated rings. The minimum Gasteiger partial charge on any atom is -0.398 e. The highest BCUT2D eigenvalue weighted by atomic mass is 15.0. The number of hydrogen-bond acceptors (Lipinski definition) is 2. The highest BCUT2D eigenvalue weighted by Gasteiger charge is 1.94. The molecule has 1 heterocycles. The van der Waals surface area contributed by atoms with E-state index in [-0.39, 0.29) is 0 Å². The predicted molar refractivity (Wildman–Crippen MR) is 62.8 cm³/mol. The summed E-state index contributed by atoms with van der Waals surface area (Å²) >= 11 is 0. The van der Waals surface area contributed by atoms with E-state index in [4.69, 9.17) is 5.73 Å². The molecule has 0 atom stereocenters. The third-order valence-corrected chi connectivity index (χ3v) is 1.68. The second-order valence-corrected chi connectivity index (χ2v) is 2.59. The van der Waals surface area contributed by atoms with E-state index in [1.807, 2.05) is 31.4 Å². The number of aromatic nitrogens is 1. The molecule has 1 rings (SSSR count). The molecule has 1 aromatic rings. The molecule has 2 N–H and O–H groups in total. The summed E-state index contributed by atoms with van der Waals surface area (Å²) in [6.45, 7) is 9.64. The molecule has 0 aromatic carbocycles. The molecule has 0 aliphatic carbocycles. The number of hydrogen-bond donors (Lipinski definition) is 1. The van der Waals surface area contributed by atoms with Crippen LogP contribution in [0.5, 0.6) is 0 Å². The van der Waals surface area contributed by atoms with E-state index in [0.29, 0.717) is 0 Å². The molecule has 0 spiro atoms. The standard InChI is InChI=1S/C9H13N3.C2H6/c1-4-12-6-8(10)5-7(2)9(12)11-3;1-2/h4-6H,1,10H2,2-3H3;1-2H3. The van der Waals surface area contributed by atoms with Crippen LogP contribution in [-0.4, -0.2) is 11.6 Å². The summed E-state index contributed by atoms with van der Waals surface area (Å²) in [5, 5.41) is 0. The fraction of sp³-hybridized carbons (Fsp3) is 0.364. The van der Waals surface area contributed by atoms with Gasteiger partial charge in [0.05, 0.1) is 0 Å². The van der Waals surface area contributed by atoms with Crippen LogP contribution in [0.1, 0.15) is 19.4 Å². The number of anilines is 1. The number of nitrogens with zero attached hydrogens (tertiary/aromatic N) is 2. The second-order valence-electron chi connectivity index (χ2n) is 2.59. The molecule has 0 saturated heterocycles. The quantitative estimate of drug-likeness (QED) is 0.728. The topological polar surface area (TPSA) is 43.3 Å². The minimum absolute atomic E-state index is 0.722. The Morgan fingerprint density at radius 1 is 1.50 bits per heavy atom. The van der Waals surface area contributed by atoms with E-state index in [2.05, 4.69) is 11.6 Å². The Hall–Kier alpha value is -1.51. The lowest BCUT2D eigenvalue weighted by molar-refractivity contribution is 0.970. The molecule has 3 heteroatoms. The van der Waals surface area contributed by atoms with Crippen LogP contribution in [0.15, 0.2) is 23.8 Å². The smallest absolute Gasteiger partial charge is 0.134 e. The van der Waals surface area contributed by atoms with Crippen molar-refractivity contribution in [2.45, 2.75) is 20.8 Å². The van der Waals surface area contributed by atoms with Crippen molar-refractivity contribution < 1.29 is 0 Å². The van der Waals surface area contributed by atoms with Gasteiger partial charge in [-0.2, -0.15) is 0 Å². The zero-order valence-electron chi connectivity index (χ0n) is 9.41. The van der Waals surface area contributed by atoms with Gasteiger partial charge in [0.1, 0.15) is 5.49 Å². The molecule has 0 radical (unpaired) electrons. The molecule has 3 nitrogen and oxygen atoms in total. The van der Waals surface area contributed by atoms with Crippen molar-refractivity contribution >= 4 is 11.9 Å². The van der Waals surface area contributed by atoms with Gasteiger partial charge in [0.15, 0.2) is 0 Å². The van der Waals surface area contributed by atoms with Crippen molar-refractivity contribution in [1.29, 1.82) is 0 Å². The maximum absolute atomic E-state index is 5.65. The van der Waals surface area contributed by atoms with Gasteiger partial charge in [0.25, 0.3) is 0 Å². The number of nitrogens with two attached hydrogens (primary N) is 1. The van der Waals surface area contributed by atoms with Gasteiger partial charge in [-0.25, -0.2) is 0 Å². The Bertz CT molecular complexity index is 361. The molecule has 0 unspecified atom stereocenters. The van der Waals surface area contributed by atoms with E-state index in [1.54, 1.807) is 19.4 Å². The van der Waals surface area contributed by atoms with Gasteiger partial charge in [-0.1, -0.05) is 20.4 Å². The van der Waals surface area contributed by atoms with Crippen molar-refractivity contribution in [1.82, 2.24) is 4.57 Å². The molecule has 0 amide bonds. The SMILES string of the molecule is C=Cn1cc(N)cc(C)c1=NC.CC. The van der Waals surface area contributed by atoms with Crippen molar-refractivity contribution in [2.24, 2.45) is 4.99 Å². The summed E-state index contributed by atoms with van der Waals surface area (Å²) in [5.74, 6) is 0. The van der Waals surface area contributed by atoms with Crippen LogP contribution < -0.4 is 11.2 Å². The first-order valence-corrected chi connectivity index (χ1v) is 4.72. The lowest BCUT2D eigenvalue weighted by Crippen LogP contribution is -2.19. The maximum Gasteiger partial charge on any atom is 0.134 e. The summed E-state index contributed by atoms with van der Waals surface area (Å²) < 4.78 is 1.81. The minimum atomic E-state index is 0.722. The van der Waals surface area contributed by atoms with Gasteiger partial charge < -0.3 is 10.3 Å². The van der Waals surface area contributed by atoms with E-state index in [1.165, 1.54) is 0 Å². The van der Waals surface area contributed by atoms with Crippen molar-refractivity contribution in [3.63, 3.8) is 0 Å². The number of pyridine rings is 1. The predicted octanol–water partition coefficient (Wildman–Crippen LogP) is 2.04. The van der Waals surface area contributed by atoms with E-state index < -0.39 is 0 Å². The third-order valence-electron chi connectivity index (χ3n) is 1.68. The summed E-state index contributed by atoms with van der Waals surface area (Å²) in [4.78, 5) is 4.12. The molecule has 78 valence electrons. The van der Waals surface area contributed by atoms with Crippen LogP contribution in [0, 0.1) is 6.92 Å². The Kier molecular flexibility index (Phi) is 5.37. The molecular formula is C11H19N3. The number of rotatable bonds is 1. The van der Waals surface area contributed by atoms with Gasteiger partial charge >= 0.3 is 0 Å². The highest BCUT2D eigenvalue weighted by Crippen LogP contribution is 2.00. The van der Waals surface area contributed by atoms with E-state index in [0.717, 1.165) is 16.7 Å². The van der Waals surface area contributed by atoms with Crippen LogP contribution in [0.25, 0.3) is 6.20 Å². The van der Waals surface area contributed by atoms with E-state index >= 15 is 0 Å². The van der Waals surface area contributed by atoms with Crippen LogP contribution in [0.3, 0.4) is 0 Å². The van der Waals surface area contributed by atoms with Crippen LogP contribution in [-0.2, 0) is 0 Å². The van der Waals surface area contributed by atoms with Gasteiger partial charge in [0, 0.05) is 25.1 Å². The van der Waals surface area contributed by atoms with E-state index in [9.17, 15) is 0 Å². The Balaban J connectivity index is 0.000000791. The Morgan fingerprint density at radius 3 is 2.50 bits per heavy atom. The molecule has 0 aliphatic heterocycles. The van der Waals surface area contributed by atoms with Gasteiger partial charge in [0.2, 0.25) is 0 Å². The average Bonchev–Trinajstić information content (AvgIpc) is 2.19. The molecule has 0 bridgehead atoms. The summed E-state index contributed by atoms with van der Waals surface area (Å²) in [7, 11) is 1.75. The van der Waals surface area contributed by atoms with Crippen molar-refractivity contribution in [2.75, 3.05) is 12.8 Å². The fourth-order valence-electron chi connectivity index (χ4n) is 1.21. The molecule has 14 heavy (non-hydrogen) atoms. The average molecular weight is 193 g/mol. The second kappa shape index (κ2) is 6.02. The third kappa shape index (κ3) is 2.76. The number of aryl methyl sites for hydroxylation is 1. The number of nitrogen functional groups attached to an aromatic ring is 1. The largest absolute Gasteiger partial charge is 0.398 e. The first-order valence-electron chi connectivity index (χ1n) is 4.72. The summed E-state index contributed by atoms with van der Waals surface area (Å²) in [6, 6.07) is 1.89. The first-order chi connectivity index (χ1) is 6.69. The molecule has 0 aliphatic rings. The van der Waals surface area contributed by atoms with Crippen LogP contribution >= 0.6 is 0 Å². The monoisotopic (exact) mass is 193 g/mol. The zero-order chi connectivity index (χ0) is 11.1. The van der Waals surface area contributed by atoms with Crippen LogP contribution in [0.2, 0.25) is 0 Å². The normalized spacial score (nSPS) is 10.4. The zero-order valence-corrected chi connectivity index (χ0v) is 9.41. The molecule has 0 saturated carbocycles. The summed E-state index contributed by atoms with van der Waals surface area (Å²) in [6.07, 6.45) is 3.48. The lowest BCUT2D eigenvalue weighted by atomic mass is 10.3. The Morgan fingerprint density at radius 2 is 2.07 bits per heavy atom. The fourth-order valence-corrected chi connectivity index (χ4v) is 1.21. The van der Waals surface area contributed by atoms with Crippen LogP contribution in [0.4, 0.5) is 5.69 Å². The maximum atomic E-state index is 5.65. The molecule has 1 aromatic heterocycles. The Labute approximate surface area is 85.6 Å². The van der Waals surface area contributed by atoms with Gasteiger partial charge in [-0.3, -0.25) is 4.99 Å². The van der Waals surface area contributed by atoms with Crippen molar-refractivity contribution in [3.05, 3.63) is 29.9 Å². The summed E-state index contributed by atoms with van der Waals surface area (Å²) in [5.41, 5.74) is 8.31. The first kappa shape index (κ1) is 12.5. The highest BCUT2D eigenvalue weighted by molar-refractivity contribution is 5.40.